The molecule has 2 N–H and O–H groups in total. The molecule has 2 heterocycles. The predicted octanol–water partition coefficient (Wildman–Crippen LogP) is 4.11. The molecule has 0 radical (unpaired) electrons. The Labute approximate surface area is 177 Å². The molecule has 2 fully saturated rings. The van der Waals surface area contributed by atoms with E-state index in [1.807, 2.05) is 4.90 Å². The minimum absolute atomic E-state index is 0.0835. The number of pyridine rings is 1. The standard InChI is InChI=1S/C21H23ClF3N3O2/c22-15-2-3-16-14(1-4-17(27-16)28-10-5-13(23)11-28)18(15)19(29)26-12-20(30)6-8-21(24,25)9-7-20/h1-4,13,30H,5-12H2,(H,26,29)/t13-/m1/s1. The van der Waals surface area contributed by atoms with Gasteiger partial charge in [0.25, 0.3) is 5.91 Å². The van der Waals surface area contributed by atoms with Gasteiger partial charge in [0, 0.05) is 31.3 Å². The van der Waals surface area contributed by atoms with Crippen LogP contribution >= 0.6 is 11.6 Å². The van der Waals surface area contributed by atoms with Crippen LogP contribution in [-0.4, -0.2) is 53.3 Å². The van der Waals surface area contributed by atoms with Gasteiger partial charge in [0.05, 0.1) is 28.2 Å². The van der Waals surface area contributed by atoms with Crippen LogP contribution < -0.4 is 10.2 Å². The maximum atomic E-state index is 13.5. The van der Waals surface area contributed by atoms with Gasteiger partial charge in [-0.1, -0.05) is 11.6 Å². The number of aromatic nitrogens is 1. The molecule has 0 bridgehead atoms. The van der Waals surface area contributed by atoms with Crippen LogP contribution in [0.1, 0.15) is 42.5 Å². The highest BCUT2D eigenvalue weighted by Gasteiger charge is 2.42. The van der Waals surface area contributed by atoms with Crippen LogP contribution in [0.2, 0.25) is 5.02 Å². The first kappa shape index (κ1) is 21.2. The normalized spacial score (nSPS) is 23.0. The number of anilines is 1. The van der Waals surface area contributed by atoms with E-state index in [2.05, 4.69) is 10.3 Å². The Hall–Kier alpha value is -2.06. The zero-order chi connectivity index (χ0) is 21.5. The first-order valence-electron chi connectivity index (χ1n) is 10.0. The fourth-order valence-corrected chi connectivity index (χ4v) is 4.34. The first-order valence-corrected chi connectivity index (χ1v) is 10.4. The van der Waals surface area contributed by atoms with Crippen molar-refractivity contribution in [1.29, 1.82) is 0 Å². The molecule has 1 aromatic heterocycles. The maximum Gasteiger partial charge on any atom is 0.253 e. The summed E-state index contributed by atoms with van der Waals surface area (Å²) in [6, 6.07) is 6.70. The summed E-state index contributed by atoms with van der Waals surface area (Å²) in [5.41, 5.74) is -0.610. The average molecular weight is 442 g/mol. The third kappa shape index (κ3) is 4.34. The molecule has 1 saturated heterocycles. The van der Waals surface area contributed by atoms with Crippen molar-refractivity contribution < 1.29 is 23.1 Å². The fourth-order valence-electron chi connectivity index (χ4n) is 4.09. The molecule has 1 atom stereocenters. The number of alkyl halides is 3. The molecule has 1 aliphatic carbocycles. The van der Waals surface area contributed by atoms with E-state index in [1.54, 1.807) is 24.3 Å². The summed E-state index contributed by atoms with van der Waals surface area (Å²) in [6.45, 7) is 0.737. The van der Waals surface area contributed by atoms with E-state index < -0.39 is 36.4 Å². The van der Waals surface area contributed by atoms with Crippen molar-refractivity contribution >= 4 is 34.2 Å². The first-order chi connectivity index (χ1) is 14.2. The van der Waals surface area contributed by atoms with Crippen molar-refractivity contribution in [3.63, 3.8) is 0 Å². The lowest BCUT2D eigenvalue weighted by atomic mass is 9.82. The highest BCUT2D eigenvalue weighted by atomic mass is 35.5. The molecule has 0 spiro atoms. The lowest BCUT2D eigenvalue weighted by Crippen LogP contribution is -2.47. The number of nitrogens with zero attached hydrogens (tertiary/aromatic N) is 2. The molecule has 9 heteroatoms. The second-order valence-electron chi connectivity index (χ2n) is 8.25. The van der Waals surface area contributed by atoms with Gasteiger partial charge in [0.15, 0.2) is 0 Å². The van der Waals surface area contributed by atoms with Gasteiger partial charge < -0.3 is 15.3 Å². The van der Waals surface area contributed by atoms with Crippen molar-refractivity contribution in [2.75, 3.05) is 24.5 Å². The fraction of sp³-hybridized carbons (Fsp3) is 0.524. The molecule has 1 amide bonds. The van der Waals surface area contributed by atoms with Crippen LogP contribution in [0.5, 0.6) is 0 Å². The third-order valence-electron chi connectivity index (χ3n) is 5.98. The number of hydrogen-bond acceptors (Lipinski definition) is 4. The predicted molar refractivity (Wildman–Crippen MR) is 109 cm³/mol. The van der Waals surface area contributed by atoms with E-state index >= 15 is 0 Å². The molecule has 0 unspecified atom stereocenters. The van der Waals surface area contributed by atoms with Crippen LogP contribution in [0, 0.1) is 0 Å². The summed E-state index contributed by atoms with van der Waals surface area (Å²) >= 11 is 6.27. The van der Waals surface area contributed by atoms with E-state index in [1.165, 1.54) is 0 Å². The molecule has 5 nitrogen and oxygen atoms in total. The van der Waals surface area contributed by atoms with Crippen LogP contribution in [0.4, 0.5) is 19.0 Å². The number of rotatable bonds is 4. The number of aliphatic hydroxyl groups is 1. The van der Waals surface area contributed by atoms with E-state index in [9.17, 15) is 23.1 Å². The van der Waals surface area contributed by atoms with E-state index in [0.717, 1.165) is 0 Å². The van der Waals surface area contributed by atoms with Crippen LogP contribution in [0.3, 0.4) is 0 Å². The number of carbonyl (C=O) groups is 1. The summed E-state index contributed by atoms with van der Waals surface area (Å²) in [6.07, 6.45) is -1.39. The van der Waals surface area contributed by atoms with Gasteiger partial charge in [-0.05, 0) is 43.5 Å². The van der Waals surface area contributed by atoms with Gasteiger partial charge in [0.1, 0.15) is 12.0 Å². The molecule has 162 valence electrons. The minimum atomic E-state index is -2.77. The highest BCUT2D eigenvalue weighted by Crippen LogP contribution is 2.38. The third-order valence-corrected chi connectivity index (χ3v) is 6.29. The van der Waals surface area contributed by atoms with E-state index in [0.29, 0.717) is 29.7 Å². The molecular formula is C21H23ClF3N3O2. The van der Waals surface area contributed by atoms with Gasteiger partial charge in [-0.2, -0.15) is 0 Å². The zero-order valence-corrected chi connectivity index (χ0v) is 17.1. The van der Waals surface area contributed by atoms with Gasteiger partial charge in [0.2, 0.25) is 5.92 Å². The monoisotopic (exact) mass is 441 g/mol. The number of hydrogen-bond donors (Lipinski definition) is 2. The van der Waals surface area contributed by atoms with Crippen LogP contribution in [0.15, 0.2) is 24.3 Å². The Bertz CT molecular complexity index is 962. The van der Waals surface area contributed by atoms with Gasteiger partial charge >= 0.3 is 0 Å². The summed E-state index contributed by atoms with van der Waals surface area (Å²) in [5, 5.41) is 13.9. The molecule has 4 rings (SSSR count). The molecule has 1 aromatic carbocycles. The topological polar surface area (TPSA) is 65.5 Å². The molecule has 30 heavy (non-hydrogen) atoms. The molecule has 1 saturated carbocycles. The second-order valence-corrected chi connectivity index (χ2v) is 8.66. The quantitative estimate of drug-likeness (QED) is 0.749. The van der Waals surface area contributed by atoms with Crippen molar-refractivity contribution in [1.82, 2.24) is 10.3 Å². The summed E-state index contributed by atoms with van der Waals surface area (Å²) in [7, 11) is 0. The van der Waals surface area contributed by atoms with Crippen molar-refractivity contribution in [3.8, 4) is 0 Å². The smallest absolute Gasteiger partial charge is 0.253 e. The average Bonchev–Trinajstić information content (AvgIpc) is 3.15. The van der Waals surface area contributed by atoms with Crippen molar-refractivity contribution in [2.24, 2.45) is 0 Å². The Kier molecular flexibility index (Phi) is 5.57. The van der Waals surface area contributed by atoms with Crippen LogP contribution in [-0.2, 0) is 0 Å². The van der Waals surface area contributed by atoms with Crippen molar-refractivity contribution in [2.45, 2.75) is 49.8 Å². The van der Waals surface area contributed by atoms with Gasteiger partial charge in [-0.3, -0.25) is 4.79 Å². The summed E-state index contributed by atoms with van der Waals surface area (Å²) < 4.78 is 40.2. The van der Waals surface area contributed by atoms with Crippen molar-refractivity contribution in [3.05, 3.63) is 34.9 Å². The Balaban J connectivity index is 1.52. The Morgan fingerprint density at radius 2 is 1.97 bits per heavy atom. The number of fused-ring (bicyclic) bond motifs is 1. The largest absolute Gasteiger partial charge is 0.388 e. The Morgan fingerprint density at radius 3 is 2.63 bits per heavy atom. The Morgan fingerprint density at radius 1 is 1.23 bits per heavy atom. The molecule has 2 aliphatic rings. The zero-order valence-electron chi connectivity index (χ0n) is 16.3. The lowest BCUT2D eigenvalue weighted by molar-refractivity contribution is -0.101. The lowest BCUT2D eigenvalue weighted by Gasteiger charge is -2.35. The highest BCUT2D eigenvalue weighted by molar-refractivity contribution is 6.35. The van der Waals surface area contributed by atoms with Gasteiger partial charge in [-0.15, -0.1) is 0 Å². The van der Waals surface area contributed by atoms with E-state index in [4.69, 9.17) is 11.6 Å². The molecule has 1 aliphatic heterocycles. The summed E-state index contributed by atoms with van der Waals surface area (Å²) in [4.78, 5) is 19.2. The number of benzene rings is 1. The maximum absolute atomic E-state index is 13.5. The van der Waals surface area contributed by atoms with Gasteiger partial charge in [-0.25, -0.2) is 18.2 Å². The number of nitrogens with one attached hydrogen (secondary N) is 1. The van der Waals surface area contributed by atoms with Crippen LogP contribution in [0.25, 0.3) is 10.9 Å². The summed E-state index contributed by atoms with van der Waals surface area (Å²) in [5.74, 6) is -2.64. The SMILES string of the molecule is O=C(NCC1(O)CCC(F)(F)CC1)c1c(Cl)ccc2nc(N3CC[C@@H](F)C3)ccc12. The van der Waals surface area contributed by atoms with E-state index in [-0.39, 0.29) is 36.5 Å². The molecule has 2 aromatic rings. The number of halogens is 4. The minimum Gasteiger partial charge on any atom is -0.388 e. The second kappa shape index (κ2) is 7.89. The molecular weight excluding hydrogens is 419 g/mol. The number of amides is 1. The number of carbonyl (C=O) groups excluding carboxylic acids is 1.